The number of rotatable bonds is 11. The van der Waals surface area contributed by atoms with E-state index in [2.05, 4.69) is 41.1 Å². The van der Waals surface area contributed by atoms with Crippen molar-refractivity contribution in [2.75, 3.05) is 6.61 Å². The topological polar surface area (TPSA) is 104 Å². The Hall–Kier alpha value is -4.79. The minimum Gasteiger partial charge on any atom is -0.486 e. The van der Waals surface area contributed by atoms with Crippen LogP contribution < -0.4 is 14.9 Å². The van der Waals surface area contributed by atoms with Crippen molar-refractivity contribution in [2.24, 2.45) is 5.10 Å². The van der Waals surface area contributed by atoms with Crippen LogP contribution in [-0.4, -0.2) is 35.4 Å². The summed E-state index contributed by atoms with van der Waals surface area (Å²) in [5, 5.41) is 3.98. The van der Waals surface area contributed by atoms with Gasteiger partial charge >= 0.3 is 11.9 Å². The first kappa shape index (κ1) is 27.3. The Labute approximate surface area is 227 Å². The lowest BCUT2D eigenvalue weighted by Gasteiger charge is -2.10. The lowest BCUT2D eigenvalue weighted by Crippen LogP contribution is -2.19. The van der Waals surface area contributed by atoms with Crippen LogP contribution in [0.25, 0.3) is 5.69 Å². The van der Waals surface area contributed by atoms with Gasteiger partial charge in [-0.05, 0) is 88.4 Å². The van der Waals surface area contributed by atoms with Gasteiger partial charge in [-0.2, -0.15) is 5.10 Å². The van der Waals surface area contributed by atoms with Gasteiger partial charge in [0, 0.05) is 22.6 Å². The molecule has 0 aliphatic rings. The number of nitrogens with zero attached hydrogens (tertiary/aromatic N) is 2. The quantitative estimate of drug-likeness (QED) is 0.159. The third kappa shape index (κ3) is 7.38. The molecule has 1 N–H and O–H groups in total. The SMILES string of the molecule is Cc1ccc(C)n1-c1ccc(OCc2ccc(C(=O)N/N=C/c3ccccc3OCC(=O)OC(C)C)o2)cc1. The summed E-state index contributed by atoms with van der Waals surface area (Å²) in [5.41, 5.74) is 6.39. The zero-order chi connectivity index (χ0) is 27.8. The molecule has 2 aromatic heterocycles. The molecule has 0 aliphatic heterocycles. The Balaban J connectivity index is 1.28. The largest absolute Gasteiger partial charge is 0.486 e. The van der Waals surface area contributed by atoms with Crippen LogP contribution in [0.5, 0.6) is 11.5 Å². The molecule has 2 heterocycles. The molecule has 0 saturated carbocycles. The maximum absolute atomic E-state index is 12.5. The average Bonchev–Trinajstić information content (AvgIpc) is 3.53. The predicted octanol–water partition coefficient (Wildman–Crippen LogP) is 5.36. The molecule has 0 spiro atoms. The Bertz CT molecular complexity index is 1430. The molecular formula is C30H31N3O6. The third-order valence-electron chi connectivity index (χ3n) is 5.63. The standard InChI is InChI=1S/C30H31N3O6/c1-20(2)38-29(34)19-37-27-8-6-5-7-23(27)17-31-32-30(35)28-16-15-26(39-28)18-36-25-13-11-24(12-14-25)33-21(3)9-10-22(33)4/h5-17,20H,18-19H2,1-4H3,(H,32,35)/b31-17+. The van der Waals surface area contributed by atoms with Crippen LogP contribution in [0.15, 0.2) is 82.3 Å². The number of hydrogen-bond acceptors (Lipinski definition) is 7. The average molecular weight is 530 g/mol. The lowest BCUT2D eigenvalue weighted by atomic mass is 10.2. The smallest absolute Gasteiger partial charge is 0.344 e. The molecule has 4 aromatic rings. The van der Waals surface area contributed by atoms with E-state index in [1.54, 1.807) is 50.2 Å². The van der Waals surface area contributed by atoms with Crippen molar-refractivity contribution in [2.45, 2.75) is 40.4 Å². The van der Waals surface area contributed by atoms with Crippen LogP contribution in [0.1, 0.15) is 47.1 Å². The molecule has 39 heavy (non-hydrogen) atoms. The van der Waals surface area contributed by atoms with Gasteiger partial charge in [0.05, 0.1) is 12.3 Å². The molecule has 4 rings (SSSR count). The zero-order valence-corrected chi connectivity index (χ0v) is 22.3. The molecule has 0 atom stereocenters. The van der Waals surface area contributed by atoms with E-state index in [1.165, 1.54) is 6.21 Å². The van der Waals surface area contributed by atoms with Gasteiger partial charge in [-0.25, -0.2) is 10.2 Å². The van der Waals surface area contributed by atoms with E-state index in [9.17, 15) is 9.59 Å². The summed E-state index contributed by atoms with van der Waals surface area (Å²) >= 11 is 0. The highest BCUT2D eigenvalue weighted by atomic mass is 16.6. The molecule has 9 nitrogen and oxygen atoms in total. The summed E-state index contributed by atoms with van der Waals surface area (Å²) in [7, 11) is 0. The number of amides is 1. The molecule has 202 valence electrons. The summed E-state index contributed by atoms with van der Waals surface area (Å²) in [5.74, 6) is 0.727. The molecule has 0 bridgehead atoms. The van der Waals surface area contributed by atoms with E-state index in [0.717, 1.165) is 17.1 Å². The number of nitrogens with one attached hydrogen (secondary N) is 1. The highest BCUT2D eigenvalue weighted by Gasteiger charge is 2.12. The van der Waals surface area contributed by atoms with Crippen molar-refractivity contribution in [3.63, 3.8) is 0 Å². The van der Waals surface area contributed by atoms with Gasteiger partial charge in [0.1, 0.15) is 23.9 Å². The van der Waals surface area contributed by atoms with Crippen molar-refractivity contribution < 1.29 is 28.2 Å². The number of aromatic nitrogens is 1. The number of carbonyl (C=O) groups excluding carboxylic acids is 2. The minimum absolute atomic E-state index is 0.0978. The second-order valence-electron chi connectivity index (χ2n) is 9.06. The lowest BCUT2D eigenvalue weighted by molar-refractivity contribution is -0.149. The van der Waals surface area contributed by atoms with Gasteiger partial charge in [0.25, 0.3) is 0 Å². The van der Waals surface area contributed by atoms with E-state index in [-0.39, 0.29) is 25.1 Å². The summed E-state index contributed by atoms with van der Waals surface area (Å²) in [6.07, 6.45) is 1.20. The summed E-state index contributed by atoms with van der Waals surface area (Å²) in [4.78, 5) is 24.2. The van der Waals surface area contributed by atoms with Crippen LogP contribution >= 0.6 is 0 Å². The molecule has 0 fully saturated rings. The highest BCUT2D eigenvalue weighted by molar-refractivity contribution is 5.92. The maximum atomic E-state index is 12.5. The number of para-hydroxylation sites is 1. The van der Waals surface area contributed by atoms with Gasteiger partial charge in [-0.3, -0.25) is 4.79 Å². The second kappa shape index (κ2) is 12.6. The normalized spacial score (nSPS) is 11.1. The number of hydrogen-bond donors (Lipinski definition) is 1. The molecular weight excluding hydrogens is 498 g/mol. The molecule has 0 unspecified atom stereocenters. The van der Waals surface area contributed by atoms with Crippen molar-refractivity contribution in [3.8, 4) is 17.2 Å². The number of carbonyl (C=O) groups is 2. The molecule has 0 radical (unpaired) electrons. The number of aryl methyl sites for hydroxylation is 2. The van der Waals surface area contributed by atoms with Crippen LogP contribution in [0.4, 0.5) is 0 Å². The summed E-state index contributed by atoms with van der Waals surface area (Å²) < 4.78 is 24.2. The molecule has 1 amide bonds. The fourth-order valence-corrected chi connectivity index (χ4v) is 3.87. The number of ether oxygens (including phenoxy) is 3. The van der Waals surface area contributed by atoms with Crippen molar-refractivity contribution in [3.05, 3.63) is 101 Å². The van der Waals surface area contributed by atoms with E-state index >= 15 is 0 Å². The fraction of sp³-hybridized carbons (Fsp3) is 0.233. The van der Waals surface area contributed by atoms with Crippen LogP contribution in [-0.2, 0) is 16.1 Å². The van der Waals surface area contributed by atoms with Crippen LogP contribution in [0.2, 0.25) is 0 Å². The Kier molecular flexibility index (Phi) is 8.83. The Morgan fingerprint density at radius 3 is 2.38 bits per heavy atom. The highest BCUT2D eigenvalue weighted by Crippen LogP contribution is 2.21. The first-order chi connectivity index (χ1) is 18.8. The van der Waals surface area contributed by atoms with Gasteiger partial charge in [-0.15, -0.1) is 0 Å². The summed E-state index contributed by atoms with van der Waals surface area (Å²) in [6.45, 7) is 7.60. The molecule has 0 aliphatic carbocycles. The monoisotopic (exact) mass is 529 g/mol. The van der Waals surface area contributed by atoms with Crippen LogP contribution in [0.3, 0.4) is 0 Å². The number of furan rings is 1. The van der Waals surface area contributed by atoms with Crippen molar-refractivity contribution in [1.82, 2.24) is 9.99 Å². The molecule has 0 saturated heterocycles. The van der Waals surface area contributed by atoms with E-state index in [0.29, 0.717) is 22.8 Å². The Morgan fingerprint density at radius 1 is 0.949 bits per heavy atom. The third-order valence-corrected chi connectivity index (χ3v) is 5.63. The van der Waals surface area contributed by atoms with Gasteiger partial charge in [0.2, 0.25) is 0 Å². The maximum Gasteiger partial charge on any atom is 0.344 e. The molecule has 9 heteroatoms. The van der Waals surface area contributed by atoms with E-state index in [4.69, 9.17) is 18.6 Å². The first-order valence-electron chi connectivity index (χ1n) is 12.5. The fourth-order valence-electron chi connectivity index (χ4n) is 3.87. The Morgan fingerprint density at radius 2 is 1.67 bits per heavy atom. The van der Waals surface area contributed by atoms with E-state index in [1.807, 2.05) is 24.3 Å². The zero-order valence-electron chi connectivity index (χ0n) is 22.3. The number of benzene rings is 2. The second-order valence-corrected chi connectivity index (χ2v) is 9.06. The van der Waals surface area contributed by atoms with Crippen LogP contribution in [0, 0.1) is 13.8 Å². The van der Waals surface area contributed by atoms with E-state index < -0.39 is 11.9 Å². The van der Waals surface area contributed by atoms with Gasteiger partial charge in [-0.1, -0.05) is 12.1 Å². The predicted molar refractivity (Wildman–Crippen MR) is 147 cm³/mol. The van der Waals surface area contributed by atoms with Crippen molar-refractivity contribution in [1.29, 1.82) is 0 Å². The number of esters is 1. The summed E-state index contributed by atoms with van der Waals surface area (Å²) in [6, 6.07) is 22.2. The molecule has 2 aromatic carbocycles. The van der Waals surface area contributed by atoms with Gasteiger partial charge in [0.15, 0.2) is 12.4 Å². The number of hydrazone groups is 1. The van der Waals surface area contributed by atoms with Gasteiger partial charge < -0.3 is 23.2 Å². The minimum atomic E-state index is -0.516. The van der Waals surface area contributed by atoms with Crippen molar-refractivity contribution >= 4 is 18.1 Å². The first-order valence-corrected chi connectivity index (χ1v) is 12.5.